The van der Waals surface area contributed by atoms with E-state index in [1.165, 1.54) is 40.6 Å². The highest BCUT2D eigenvalue weighted by Gasteiger charge is 2.39. The summed E-state index contributed by atoms with van der Waals surface area (Å²) in [6.45, 7) is 3.87. The number of benzene rings is 2. The van der Waals surface area contributed by atoms with Crippen LogP contribution < -0.4 is 9.75 Å². The number of amides is 1. The highest BCUT2D eigenvalue weighted by molar-refractivity contribution is 7.14. The van der Waals surface area contributed by atoms with Crippen LogP contribution in [0.25, 0.3) is 11.3 Å². The lowest BCUT2D eigenvalue weighted by Crippen LogP contribution is -2.31. The molecule has 0 fully saturated rings. The summed E-state index contributed by atoms with van der Waals surface area (Å²) in [6, 6.07) is 12.6. The molecule has 33 heavy (non-hydrogen) atoms. The van der Waals surface area contributed by atoms with Crippen LogP contribution in [0.1, 0.15) is 24.2 Å². The zero-order chi connectivity index (χ0) is 23.5. The molecule has 168 valence electrons. The van der Waals surface area contributed by atoms with Gasteiger partial charge in [-0.05, 0) is 54.4 Å². The molecular weight excluding hydrogens is 442 g/mol. The Bertz CT molecular complexity index is 1230. The monoisotopic (exact) mass is 463 g/mol. The van der Waals surface area contributed by atoms with Crippen molar-refractivity contribution in [2.75, 3.05) is 12.1 Å². The van der Waals surface area contributed by atoms with Gasteiger partial charge in [-0.15, -0.1) is 11.3 Å². The molecule has 1 aromatic heterocycles. The Morgan fingerprint density at radius 1 is 1.15 bits per heavy atom. The maximum Gasteiger partial charge on any atom is 0.335 e. The predicted molar refractivity (Wildman–Crippen MR) is 126 cm³/mol. The van der Waals surface area contributed by atoms with Gasteiger partial charge in [-0.25, -0.2) is 9.78 Å². The first-order valence-electron chi connectivity index (χ1n) is 10.1. The quantitative estimate of drug-likeness (QED) is 0.493. The fourth-order valence-electron chi connectivity index (χ4n) is 3.19. The number of nitrogens with zero attached hydrogens (tertiary/aromatic N) is 5. The van der Waals surface area contributed by atoms with Gasteiger partial charge in [0.05, 0.1) is 29.8 Å². The third-order valence-electron chi connectivity index (χ3n) is 4.99. The Hall–Kier alpha value is -3.92. The molecule has 2 aromatic carbocycles. The minimum atomic E-state index is -1.02. The summed E-state index contributed by atoms with van der Waals surface area (Å²) in [5, 5.41) is 25.5. The number of ether oxygens (including phenoxy) is 1. The fraction of sp³-hybridized carbons (Fsp3) is 0.217. The van der Waals surface area contributed by atoms with Crippen molar-refractivity contribution in [1.82, 2.24) is 4.98 Å². The molecule has 9 nitrogen and oxygen atoms in total. The van der Waals surface area contributed by atoms with Gasteiger partial charge in [0.1, 0.15) is 5.75 Å². The fourth-order valence-corrected chi connectivity index (χ4v) is 3.98. The number of azo groups is 1. The van der Waals surface area contributed by atoms with Crippen LogP contribution in [0.5, 0.6) is 5.75 Å². The average Bonchev–Trinajstić information content (AvgIpc) is 3.43. The maximum atomic E-state index is 13.1. The zero-order valence-electron chi connectivity index (χ0n) is 18.2. The van der Waals surface area contributed by atoms with Gasteiger partial charge in [0, 0.05) is 10.9 Å². The Kier molecular flexibility index (Phi) is 6.27. The number of carbonyl (C=O) groups is 2. The topological polar surface area (TPSA) is 117 Å². The normalized spacial score (nSPS) is 16.0. The van der Waals surface area contributed by atoms with Crippen LogP contribution in [-0.4, -0.2) is 40.8 Å². The van der Waals surface area contributed by atoms with Gasteiger partial charge in [-0.1, -0.05) is 13.8 Å². The molecule has 10 heteroatoms. The highest BCUT2D eigenvalue weighted by atomic mass is 32.1. The number of carboxylic acid groups (broad SMARTS) is 1. The number of hydrazone groups is 1. The highest BCUT2D eigenvalue weighted by Crippen LogP contribution is 2.32. The Labute approximate surface area is 194 Å². The number of hydrogen-bond donors (Lipinski definition) is 1. The Morgan fingerprint density at radius 3 is 2.45 bits per heavy atom. The van der Waals surface area contributed by atoms with E-state index in [1.54, 1.807) is 7.11 Å². The Morgan fingerprint density at radius 2 is 1.85 bits per heavy atom. The first kappa shape index (κ1) is 22.3. The third kappa shape index (κ3) is 4.65. The molecule has 1 unspecified atom stereocenters. The smallest absolute Gasteiger partial charge is 0.335 e. The lowest BCUT2D eigenvalue weighted by Gasteiger charge is -2.08. The molecule has 0 radical (unpaired) electrons. The molecule has 1 aliphatic heterocycles. The van der Waals surface area contributed by atoms with Crippen LogP contribution in [0.4, 0.5) is 10.8 Å². The van der Waals surface area contributed by atoms with E-state index in [-0.39, 0.29) is 17.4 Å². The van der Waals surface area contributed by atoms with Crippen molar-refractivity contribution in [2.45, 2.75) is 19.9 Å². The number of methoxy groups -OCH3 is 1. The molecule has 1 atom stereocenters. The van der Waals surface area contributed by atoms with Crippen molar-refractivity contribution < 1.29 is 19.4 Å². The largest absolute Gasteiger partial charge is 0.497 e. The lowest BCUT2D eigenvalue weighted by molar-refractivity contribution is -0.117. The van der Waals surface area contributed by atoms with Gasteiger partial charge in [-0.2, -0.15) is 20.3 Å². The minimum absolute atomic E-state index is 0.0293. The van der Waals surface area contributed by atoms with Crippen LogP contribution in [0.15, 0.2) is 69.2 Å². The number of hydrogen-bond acceptors (Lipinski definition) is 8. The second-order valence-corrected chi connectivity index (χ2v) is 8.38. The lowest BCUT2D eigenvalue weighted by atomic mass is 10.0. The van der Waals surface area contributed by atoms with Crippen molar-refractivity contribution in [2.24, 2.45) is 21.2 Å². The van der Waals surface area contributed by atoms with Crippen molar-refractivity contribution in [3.8, 4) is 17.0 Å². The van der Waals surface area contributed by atoms with Crippen LogP contribution >= 0.6 is 11.3 Å². The molecule has 0 saturated heterocycles. The molecule has 0 bridgehead atoms. The van der Waals surface area contributed by atoms with E-state index < -0.39 is 12.0 Å². The summed E-state index contributed by atoms with van der Waals surface area (Å²) in [5.74, 6) is -0.633. The van der Waals surface area contributed by atoms with E-state index in [4.69, 9.17) is 9.84 Å². The maximum absolute atomic E-state index is 13.1. The van der Waals surface area contributed by atoms with Gasteiger partial charge in [0.25, 0.3) is 5.91 Å². The summed E-state index contributed by atoms with van der Waals surface area (Å²) >= 11 is 1.32. The van der Waals surface area contributed by atoms with Crippen LogP contribution in [0, 0.1) is 5.92 Å². The molecule has 1 amide bonds. The molecule has 1 N–H and O–H groups in total. The van der Waals surface area contributed by atoms with Crippen molar-refractivity contribution in [3.05, 3.63) is 59.5 Å². The molecule has 4 rings (SSSR count). The second-order valence-electron chi connectivity index (χ2n) is 7.54. The third-order valence-corrected chi connectivity index (χ3v) is 5.81. The summed E-state index contributed by atoms with van der Waals surface area (Å²) in [4.78, 5) is 28.7. The first-order valence-corrected chi connectivity index (χ1v) is 11.0. The number of carboxylic acids is 1. The van der Waals surface area contributed by atoms with Crippen molar-refractivity contribution >= 4 is 39.7 Å². The number of carbonyl (C=O) groups excluding carboxylic acids is 1. The summed E-state index contributed by atoms with van der Waals surface area (Å²) in [5.41, 5.74) is 2.82. The minimum Gasteiger partial charge on any atom is -0.497 e. The van der Waals surface area contributed by atoms with Crippen LogP contribution in [0.2, 0.25) is 0 Å². The van der Waals surface area contributed by atoms with Crippen molar-refractivity contribution in [3.63, 3.8) is 0 Å². The molecule has 0 spiro atoms. The van der Waals surface area contributed by atoms with E-state index in [0.29, 0.717) is 16.5 Å². The number of thiazole rings is 1. The van der Waals surface area contributed by atoms with Gasteiger partial charge >= 0.3 is 5.97 Å². The zero-order valence-corrected chi connectivity index (χ0v) is 19.0. The second kappa shape index (κ2) is 9.29. The van der Waals surface area contributed by atoms with Gasteiger partial charge < -0.3 is 9.84 Å². The van der Waals surface area contributed by atoms with E-state index in [2.05, 4.69) is 20.3 Å². The summed E-state index contributed by atoms with van der Waals surface area (Å²) in [6.07, 6.45) is 0. The predicted octanol–water partition coefficient (Wildman–Crippen LogP) is 5.03. The summed E-state index contributed by atoms with van der Waals surface area (Å²) in [7, 11) is 1.61. The number of aromatic nitrogens is 1. The van der Waals surface area contributed by atoms with E-state index >= 15 is 0 Å². The number of anilines is 1. The molecule has 0 aliphatic carbocycles. The first-order chi connectivity index (χ1) is 15.9. The van der Waals surface area contributed by atoms with Crippen LogP contribution in [-0.2, 0) is 4.79 Å². The van der Waals surface area contributed by atoms with E-state index in [9.17, 15) is 9.59 Å². The molecule has 1 aliphatic rings. The summed E-state index contributed by atoms with van der Waals surface area (Å²) < 4.78 is 5.19. The molecule has 3 aromatic rings. The van der Waals surface area contributed by atoms with Gasteiger partial charge in [0.2, 0.25) is 5.13 Å². The average molecular weight is 464 g/mol. The Balaban J connectivity index is 1.56. The van der Waals surface area contributed by atoms with Gasteiger partial charge in [0.15, 0.2) is 6.04 Å². The molecule has 0 saturated carbocycles. The molecule has 2 heterocycles. The number of aromatic carboxylic acids is 1. The SMILES string of the molecule is COc1ccc(-c2csc(N3N=C(C(C)C)C(N=Nc4ccc(C(=O)O)cc4)C3=O)n2)cc1. The van der Waals surface area contributed by atoms with E-state index in [0.717, 1.165) is 17.0 Å². The van der Waals surface area contributed by atoms with Crippen molar-refractivity contribution in [1.29, 1.82) is 0 Å². The number of rotatable bonds is 7. The van der Waals surface area contributed by atoms with Crippen LogP contribution in [0.3, 0.4) is 0 Å². The molecular formula is C23H21N5O4S. The standard InChI is InChI=1S/C23H21N5O4S/c1-13(2)19-20(26-25-16-8-4-15(5-9-16)22(30)31)21(29)28(27-19)23-24-18(12-33-23)14-6-10-17(32-3)11-7-14/h4-13,20H,1-3H3,(H,30,31). The van der Waals surface area contributed by atoms with Gasteiger partial charge in [-0.3, -0.25) is 4.79 Å². The van der Waals surface area contributed by atoms with E-state index in [1.807, 2.05) is 43.5 Å².